The molecule has 0 saturated carbocycles. The van der Waals surface area contributed by atoms with Crippen molar-refractivity contribution in [2.24, 2.45) is 11.7 Å². The van der Waals surface area contributed by atoms with Crippen molar-refractivity contribution < 1.29 is 9.53 Å². The zero-order chi connectivity index (χ0) is 11.0. The minimum atomic E-state index is -0.300. The molecule has 0 bridgehead atoms. The second-order valence-corrected chi connectivity index (χ2v) is 4.14. The molecule has 0 spiro atoms. The first-order chi connectivity index (χ1) is 7.13. The molecule has 2 unspecified atom stereocenters. The summed E-state index contributed by atoms with van der Waals surface area (Å²) in [5.74, 6) is -0.529. The number of rotatable bonds is 1. The van der Waals surface area contributed by atoms with Gasteiger partial charge in [0, 0.05) is 11.1 Å². The van der Waals surface area contributed by atoms with Gasteiger partial charge in [0.1, 0.15) is 0 Å². The van der Waals surface area contributed by atoms with Gasteiger partial charge in [-0.15, -0.1) is 0 Å². The molecule has 3 nitrogen and oxygen atoms in total. The van der Waals surface area contributed by atoms with Gasteiger partial charge in [0.05, 0.1) is 13.0 Å². The van der Waals surface area contributed by atoms with E-state index in [4.69, 9.17) is 22.1 Å². The summed E-state index contributed by atoms with van der Waals surface area (Å²) in [5.41, 5.74) is 8.02. The van der Waals surface area contributed by atoms with Gasteiger partial charge < -0.3 is 10.5 Å². The zero-order valence-corrected chi connectivity index (χ0v) is 9.12. The predicted octanol–water partition coefficient (Wildman–Crippen LogP) is 1.69. The van der Waals surface area contributed by atoms with Gasteiger partial charge in [-0.2, -0.15) is 0 Å². The summed E-state index contributed by atoms with van der Waals surface area (Å²) in [6.07, 6.45) is 0.639. The lowest BCUT2D eigenvalue weighted by Crippen LogP contribution is -2.25. The Labute approximate surface area is 93.2 Å². The third-order valence-electron chi connectivity index (χ3n) is 2.84. The predicted molar refractivity (Wildman–Crippen MR) is 57.6 cm³/mol. The number of fused-ring (bicyclic) bond motifs is 1. The summed E-state index contributed by atoms with van der Waals surface area (Å²) in [6.45, 7) is 0. The highest BCUT2D eigenvalue weighted by atomic mass is 35.5. The zero-order valence-electron chi connectivity index (χ0n) is 8.37. The summed E-state index contributed by atoms with van der Waals surface area (Å²) in [6, 6.07) is 5.25. The Morgan fingerprint density at radius 2 is 2.33 bits per heavy atom. The van der Waals surface area contributed by atoms with Crippen LogP contribution in [0.3, 0.4) is 0 Å². The van der Waals surface area contributed by atoms with E-state index in [1.165, 1.54) is 7.11 Å². The van der Waals surface area contributed by atoms with Crippen molar-refractivity contribution in [2.45, 2.75) is 12.5 Å². The van der Waals surface area contributed by atoms with E-state index < -0.39 is 0 Å². The molecule has 0 fully saturated rings. The van der Waals surface area contributed by atoms with Crippen LogP contribution in [0.25, 0.3) is 0 Å². The van der Waals surface area contributed by atoms with Crippen molar-refractivity contribution in [3.05, 3.63) is 34.3 Å². The topological polar surface area (TPSA) is 52.3 Å². The first-order valence-electron chi connectivity index (χ1n) is 4.75. The van der Waals surface area contributed by atoms with Crippen molar-refractivity contribution in [3.8, 4) is 0 Å². The molecule has 4 heteroatoms. The number of nitrogens with two attached hydrogens (primary N) is 1. The van der Waals surface area contributed by atoms with Gasteiger partial charge in [-0.05, 0) is 29.7 Å². The fourth-order valence-electron chi connectivity index (χ4n) is 2.02. The maximum absolute atomic E-state index is 11.4. The highest BCUT2D eigenvalue weighted by Gasteiger charge is 2.35. The van der Waals surface area contributed by atoms with Gasteiger partial charge in [-0.1, -0.05) is 17.7 Å². The van der Waals surface area contributed by atoms with E-state index in [1.807, 2.05) is 18.2 Å². The number of hydrogen-bond donors (Lipinski definition) is 1. The fraction of sp³-hybridized carbons (Fsp3) is 0.364. The van der Waals surface area contributed by atoms with Crippen LogP contribution in [0.15, 0.2) is 18.2 Å². The molecule has 15 heavy (non-hydrogen) atoms. The smallest absolute Gasteiger partial charge is 0.310 e. The van der Waals surface area contributed by atoms with Crippen molar-refractivity contribution in [1.29, 1.82) is 0 Å². The maximum Gasteiger partial charge on any atom is 0.310 e. The Bertz CT molecular complexity index is 406. The molecule has 1 aliphatic carbocycles. The van der Waals surface area contributed by atoms with Crippen LogP contribution < -0.4 is 5.73 Å². The molecular formula is C11H12ClNO2. The fourth-order valence-corrected chi connectivity index (χ4v) is 2.20. The molecular weight excluding hydrogens is 214 g/mol. The number of hydrogen-bond acceptors (Lipinski definition) is 3. The lowest BCUT2D eigenvalue weighted by Gasteiger charge is -2.12. The number of carbonyl (C=O) groups is 1. The SMILES string of the molecule is COC(=O)C1Cc2ccc(Cl)cc2C1N. The van der Waals surface area contributed by atoms with Crippen molar-refractivity contribution >= 4 is 17.6 Å². The molecule has 2 rings (SSSR count). The van der Waals surface area contributed by atoms with E-state index in [2.05, 4.69) is 0 Å². The van der Waals surface area contributed by atoms with Crippen LogP contribution in [-0.4, -0.2) is 13.1 Å². The maximum atomic E-state index is 11.4. The molecule has 2 atom stereocenters. The summed E-state index contributed by atoms with van der Waals surface area (Å²) < 4.78 is 4.71. The average Bonchev–Trinajstić information content (AvgIpc) is 2.55. The molecule has 0 heterocycles. The van der Waals surface area contributed by atoms with E-state index in [9.17, 15) is 4.79 Å². The Morgan fingerprint density at radius 3 is 3.00 bits per heavy atom. The van der Waals surface area contributed by atoms with E-state index in [-0.39, 0.29) is 17.9 Å². The van der Waals surface area contributed by atoms with Gasteiger partial charge in [0.2, 0.25) is 0 Å². The Balaban J connectivity index is 2.33. The number of ether oxygens (including phenoxy) is 1. The molecule has 0 aliphatic heterocycles. The first-order valence-corrected chi connectivity index (χ1v) is 5.13. The lowest BCUT2D eigenvalue weighted by atomic mass is 10.0. The number of carbonyl (C=O) groups excluding carboxylic acids is 1. The minimum Gasteiger partial charge on any atom is -0.469 e. The van der Waals surface area contributed by atoms with Crippen LogP contribution in [0.2, 0.25) is 5.02 Å². The van der Waals surface area contributed by atoms with Gasteiger partial charge >= 0.3 is 5.97 Å². The van der Waals surface area contributed by atoms with Gasteiger partial charge in [-0.3, -0.25) is 4.79 Å². The molecule has 1 aliphatic rings. The molecule has 0 saturated heterocycles. The molecule has 2 N–H and O–H groups in total. The van der Waals surface area contributed by atoms with Crippen molar-refractivity contribution in [2.75, 3.05) is 7.11 Å². The Kier molecular flexibility index (Phi) is 2.67. The molecule has 80 valence electrons. The molecule has 1 aromatic carbocycles. The summed E-state index contributed by atoms with van der Waals surface area (Å²) >= 11 is 5.88. The Hall–Kier alpha value is -1.06. The van der Waals surface area contributed by atoms with Crippen LogP contribution in [0.4, 0.5) is 0 Å². The van der Waals surface area contributed by atoms with Crippen LogP contribution in [0.1, 0.15) is 17.2 Å². The van der Waals surface area contributed by atoms with Gasteiger partial charge in [0.15, 0.2) is 0 Å². The standard InChI is InChI=1S/C11H12ClNO2/c1-15-11(14)9-4-6-2-3-7(12)5-8(6)10(9)13/h2-3,5,9-10H,4,13H2,1H3. The van der Waals surface area contributed by atoms with E-state index in [0.717, 1.165) is 11.1 Å². The minimum absolute atomic E-state index is 0.255. The monoisotopic (exact) mass is 225 g/mol. The molecule has 0 radical (unpaired) electrons. The van der Waals surface area contributed by atoms with Gasteiger partial charge in [0.25, 0.3) is 0 Å². The second-order valence-electron chi connectivity index (χ2n) is 3.70. The van der Waals surface area contributed by atoms with Crippen LogP contribution >= 0.6 is 11.6 Å². The van der Waals surface area contributed by atoms with E-state index in [0.29, 0.717) is 11.4 Å². The third kappa shape index (κ3) is 1.73. The first kappa shape index (κ1) is 10.5. The van der Waals surface area contributed by atoms with Crippen LogP contribution in [0, 0.1) is 5.92 Å². The van der Waals surface area contributed by atoms with Crippen LogP contribution in [-0.2, 0) is 16.0 Å². The van der Waals surface area contributed by atoms with E-state index in [1.54, 1.807) is 0 Å². The number of halogens is 1. The number of methoxy groups -OCH3 is 1. The van der Waals surface area contributed by atoms with Crippen molar-refractivity contribution in [1.82, 2.24) is 0 Å². The molecule has 0 amide bonds. The van der Waals surface area contributed by atoms with E-state index >= 15 is 0 Å². The highest BCUT2D eigenvalue weighted by molar-refractivity contribution is 6.30. The quantitative estimate of drug-likeness (QED) is 0.740. The molecule has 1 aromatic rings. The summed E-state index contributed by atoms with van der Waals surface area (Å²) in [7, 11) is 1.38. The Morgan fingerprint density at radius 1 is 1.60 bits per heavy atom. The normalized spacial score (nSPS) is 23.7. The number of benzene rings is 1. The third-order valence-corrected chi connectivity index (χ3v) is 3.08. The molecule has 0 aromatic heterocycles. The summed E-state index contributed by atoms with van der Waals surface area (Å²) in [5, 5.41) is 0.648. The van der Waals surface area contributed by atoms with Crippen LogP contribution in [0.5, 0.6) is 0 Å². The lowest BCUT2D eigenvalue weighted by molar-refractivity contribution is -0.145. The van der Waals surface area contributed by atoms with Gasteiger partial charge in [-0.25, -0.2) is 0 Å². The average molecular weight is 226 g/mol. The largest absolute Gasteiger partial charge is 0.469 e. The number of esters is 1. The summed E-state index contributed by atoms with van der Waals surface area (Å²) in [4.78, 5) is 11.4. The van der Waals surface area contributed by atoms with Crippen molar-refractivity contribution in [3.63, 3.8) is 0 Å². The highest BCUT2D eigenvalue weighted by Crippen LogP contribution is 2.36. The second kappa shape index (κ2) is 3.83.